The summed E-state index contributed by atoms with van der Waals surface area (Å²) in [6.45, 7) is 2.45. The van der Waals surface area contributed by atoms with Crippen LogP contribution in [0.25, 0.3) is 0 Å². The third-order valence-corrected chi connectivity index (χ3v) is 5.99. The summed E-state index contributed by atoms with van der Waals surface area (Å²) < 4.78 is 18.6. The zero-order valence-corrected chi connectivity index (χ0v) is 17.6. The van der Waals surface area contributed by atoms with Crippen molar-refractivity contribution in [3.05, 3.63) is 65.2 Å². The topological polar surface area (TPSA) is 62.7 Å². The lowest BCUT2D eigenvalue weighted by Crippen LogP contribution is -2.35. The Bertz CT molecular complexity index is 901. The van der Waals surface area contributed by atoms with Gasteiger partial charge in [0.25, 0.3) is 0 Å². The SMILES string of the molecule is O=C1CCCN1CCOCC(=O)N1CCC[C@@H]1c1ccc(Cc2ccc(F)cc2)cn1. The van der Waals surface area contributed by atoms with Crippen LogP contribution in [-0.4, -0.2) is 59.4 Å². The van der Waals surface area contributed by atoms with Crippen LogP contribution >= 0.6 is 0 Å². The van der Waals surface area contributed by atoms with Crippen LogP contribution < -0.4 is 0 Å². The molecule has 0 spiro atoms. The molecule has 2 saturated heterocycles. The highest BCUT2D eigenvalue weighted by Crippen LogP contribution is 2.31. The van der Waals surface area contributed by atoms with Crippen molar-refractivity contribution >= 4 is 11.8 Å². The van der Waals surface area contributed by atoms with Gasteiger partial charge in [-0.2, -0.15) is 0 Å². The quantitative estimate of drug-likeness (QED) is 0.610. The second-order valence-corrected chi connectivity index (χ2v) is 8.18. The summed E-state index contributed by atoms with van der Waals surface area (Å²) in [6, 6.07) is 10.5. The van der Waals surface area contributed by atoms with Gasteiger partial charge in [-0.15, -0.1) is 0 Å². The van der Waals surface area contributed by atoms with Crippen molar-refractivity contribution in [3.63, 3.8) is 0 Å². The van der Waals surface area contributed by atoms with Crippen molar-refractivity contribution < 1.29 is 18.7 Å². The normalized spacial score (nSPS) is 18.7. The van der Waals surface area contributed by atoms with E-state index in [1.54, 1.807) is 17.0 Å². The average Bonchev–Trinajstić information content (AvgIpc) is 3.43. The molecule has 2 aliphatic heterocycles. The first-order valence-electron chi connectivity index (χ1n) is 10.9. The highest BCUT2D eigenvalue weighted by molar-refractivity contribution is 5.78. The van der Waals surface area contributed by atoms with Crippen LogP contribution in [0.1, 0.15) is 48.5 Å². The lowest BCUT2D eigenvalue weighted by molar-refractivity contribution is -0.137. The first-order chi connectivity index (χ1) is 15.1. The third kappa shape index (κ3) is 5.47. The van der Waals surface area contributed by atoms with Crippen LogP contribution in [0.5, 0.6) is 0 Å². The number of amides is 2. The van der Waals surface area contributed by atoms with E-state index in [1.807, 2.05) is 23.2 Å². The van der Waals surface area contributed by atoms with Crippen LogP contribution in [0.2, 0.25) is 0 Å². The zero-order chi connectivity index (χ0) is 21.6. The number of carbonyl (C=O) groups excluding carboxylic acids is 2. The molecular formula is C24H28FN3O3. The maximum Gasteiger partial charge on any atom is 0.249 e. The Kier molecular flexibility index (Phi) is 6.92. The summed E-state index contributed by atoms with van der Waals surface area (Å²) in [5.41, 5.74) is 2.96. The van der Waals surface area contributed by atoms with E-state index in [9.17, 15) is 14.0 Å². The first kappa shape index (κ1) is 21.4. The molecule has 4 rings (SSSR count). The molecule has 1 aromatic heterocycles. The molecule has 1 atom stereocenters. The van der Waals surface area contributed by atoms with E-state index in [0.29, 0.717) is 32.5 Å². The van der Waals surface area contributed by atoms with Gasteiger partial charge in [-0.25, -0.2) is 4.39 Å². The Labute approximate surface area is 182 Å². The molecule has 1 aromatic carbocycles. The lowest BCUT2D eigenvalue weighted by Gasteiger charge is -2.24. The molecule has 3 heterocycles. The number of pyridine rings is 1. The van der Waals surface area contributed by atoms with E-state index < -0.39 is 0 Å². The molecule has 0 saturated carbocycles. The Morgan fingerprint density at radius 1 is 1.10 bits per heavy atom. The fourth-order valence-electron chi connectivity index (χ4n) is 4.31. The van der Waals surface area contributed by atoms with Gasteiger partial charge in [-0.05, 0) is 55.0 Å². The first-order valence-corrected chi connectivity index (χ1v) is 10.9. The van der Waals surface area contributed by atoms with Crippen LogP contribution in [-0.2, 0) is 20.7 Å². The fourth-order valence-corrected chi connectivity index (χ4v) is 4.31. The van der Waals surface area contributed by atoms with Crippen LogP contribution in [0.3, 0.4) is 0 Å². The van der Waals surface area contributed by atoms with E-state index in [2.05, 4.69) is 4.98 Å². The number of ether oxygens (including phenoxy) is 1. The van der Waals surface area contributed by atoms with Gasteiger partial charge in [0.15, 0.2) is 0 Å². The van der Waals surface area contributed by atoms with Gasteiger partial charge in [-0.1, -0.05) is 18.2 Å². The minimum atomic E-state index is -0.239. The molecule has 2 aromatic rings. The molecule has 2 amide bonds. The van der Waals surface area contributed by atoms with Gasteiger partial charge in [0.1, 0.15) is 12.4 Å². The molecule has 164 valence electrons. The van der Waals surface area contributed by atoms with Crippen LogP contribution in [0.4, 0.5) is 4.39 Å². The van der Waals surface area contributed by atoms with Crippen LogP contribution in [0.15, 0.2) is 42.6 Å². The Morgan fingerprint density at radius 2 is 1.90 bits per heavy atom. The van der Waals surface area contributed by atoms with Crippen molar-refractivity contribution in [1.82, 2.24) is 14.8 Å². The lowest BCUT2D eigenvalue weighted by atomic mass is 10.0. The number of likely N-dealkylation sites (tertiary alicyclic amines) is 2. The van der Waals surface area contributed by atoms with Crippen molar-refractivity contribution in [3.8, 4) is 0 Å². The molecule has 0 unspecified atom stereocenters. The third-order valence-electron chi connectivity index (χ3n) is 5.99. The predicted octanol–water partition coefficient (Wildman–Crippen LogP) is 3.11. The van der Waals surface area contributed by atoms with Crippen LogP contribution in [0, 0.1) is 5.82 Å². The monoisotopic (exact) mass is 425 g/mol. The minimum Gasteiger partial charge on any atom is -0.370 e. The molecule has 0 radical (unpaired) electrons. The number of rotatable bonds is 8. The summed E-state index contributed by atoms with van der Waals surface area (Å²) in [4.78, 5) is 32.6. The van der Waals surface area contributed by atoms with Gasteiger partial charge >= 0.3 is 0 Å². The molecule has 2 aliphatic rings. The summed E-state index contributed by atoms with van der Waals surface area (Å²) in [6.07, 6.45) is 5.88. The number of carbonyl (C=O) groups is 2. The number of aromatic nitrogens is 1. The van der Waals surface area contributed by atoms with Gasteiger partial charge < -0.3 is 14.5 Å². The molecule has 2 fully saturated rings. The van der Waals surface area contributed by atoms with Gasteiger partial charge in [0, 0.05) is 32.3 Å². The molecular weight excluding hydrogens is 397 g/mol. The number of hydrogen-bond donors (Lipinski definition) is 0. The summed E-state index contributed by atoms with van der Waals surface area (Å²) in [5.74, 6) is -0.104. The maximum absolute atomic E-state index is 13.1. The van der Waals surface area contributed by atoms with Gasteiger partial charge in [-0.3, -0.25) is 14.6 Å². The largest absolute Gasteiger partial charge is 0.370 e. The van der Waals surface area contributed by atoms with E-state index >= 15 is 0 Å². The van der Waals surface area contributed by atoms with Crippen molar-refractivity contribution in [2.24, 2.45) is 0 Å². The maximum atomic E-state index is 13.1. The Morgan fingerprint density at radius 3 is 2.61 bits per heavy atom. The average molecular weight is 426 g/mol. The predicted molar refractivity (Wildman–Crippen MR) is 114 cm³/mol. The Balaban J connectivity index is 1.28. The highest BCUT2D eigenvalue weighted by Gasteiger charge is 2.30. The van der Waals surface area contributed by atoms with Crippen molar-refractivity contribution in [1.29, 1.82) is 0 Å². The van der Waals surface area contributed by atoms with E-state index in [1.165, 1.54) is 12.1 Å². The molecule has 0 bridgehead atoms. The van der Waals surface area contributed by atoms with Crippen molar-refractivity contribution in [2.45, 2.75) is 38.1 Å². The molecule has 0 aliphatic carbocycles. The number of benzene rings is 1. The second-order valence-electron chi connectivity index (χ2n) is 8.18. The second kappa shape index (κ2) is 10.0. The highest BCUT2D eigenvalue weighted by atomic mass is 19.1. The molecule has 7 heteroatoms. The number of halogens is 1. The standard InChI is InChI=1S/C24H28FN3O3/c25-20-8-5-18(6-9-20)15-19-7-10-21(26-16-19)22-3-1-12-28(22)24(30)17-31-14-13-27-11-2-4-23(27)29/h5-10,16,22H,1-4,11-15,17H2/t22-/m1/s1. The molecule has 31 heavy (non-hydrogen) atoms. The summed E-state index contributed by atoms with van der Waals surface area (Å²) >= 11 is 0. The van der Waals surface area contributed by atoms with E-state index in [4.69, 9.17) is 4.74 Å². The van der Waals surface area contributed by atoms with Gasteiger partial charge in [0.2, 0.25) is 11.8 Å². The zero-order valence-electron chi connectivity index (χ0n) is 17.6. The van der Waals surface area contributed by atoms with E-state index in [-0.39, 0.29) is 30.3 Å². The molecule has 0 N–H and O–H groups in total. The summed E-state index contributed by atoms with van der Waals surface area (Å²) in [7, 11) is 0. The Hall–Kier alpha value is -2.80. The fraction of sp³-hybridized carbons (Fsp3) is 0.458. The number of hydrogen-bond acceptors (Lipinski definition) is 4. The minimum absolute atomic E-state index is 0.0289. The summed E-state index contributed by atoms with van der Waals surface area (Å²) in [5, 5.41) is 0. The molecule has 6 nitrogen and oxygen atoms in total. The smallest absolute Gasteiger partial charge is 0.249 e. The van der Waals surface area contributed by atoms with Gasteiger partial charge in [0.05, 0.1) is 18.3 Å². The van der Waals surface area contributed by atoms with Crippen molar-refractivity contribution in [2.75, 3.05) is 32.8 Å². The van der Waals surface area contributed by atoms with E-state index in [0.717, 1.165) is 42.6 Å². The number of nitrogens with zero attached hydrogens (tertiary/aromatic N) is 3.